The number of nitrogens with zero attached hydrogens (tertiary/aromatic N) is 1. The van der Waals surface area contributed by atoms with E-state index in [1.54, 1.807) is 25.1 Å². The second-order valence-corrected chi connectivity index (χ2v) is 7.58. The Kier molecular flexibility index (Phi) is 6.55. The lowest BCUT2D eigenvalue weighted by molar-refractivity contribution is -0.143. The first-order valence-corrected chi connectivity index (χ1v) is 9.89. The largest absolute Gasteiger partial charge is 0.475 e. The molecule has 10 heteroatoms. The van der Waals surface area contributed by atoms with Gasteiger partial charge in [0.2, 0.25) is 5.90 Å². The zero-order valence-electron chi connectivity index (χ0n) is 15.4. The smallest absolute Gasteiger partial charge is 0.308 e. The zero-order valence-corrected chi connectivity index (χ0v) is 16.2. The van der Waals surface area contributed by atoms with Gasteiger partial charge in [-0.2, -0.15) is 8.42 Å². The molecule has 148 valence electrons. The van der Waals surface area contributed by atoms with Gasteiger partial charge in [-0.15, -0.1) is 0 Å². The van der Waals surface area contributed by atoms with Gasteiger partial charge >= 0.3 is 11.9 Å². The van der Waals surface area contributed by atoms with E-state index in [1.165, 1.54) is 13.8 Å². The highest BCUT2D eigenvalue weighted by Crippen LogP contribution is 2.25. The van der Waals surface area contributed by atoms with E-state index in [0.717, 1.165) is 6.26 Å². The summed E-state index contributed by atoms with van der Waals surface area (Å²) in [5.41, 5.74) is 1.24. The van der Waals surface area contributed by atoms with Gasteiger partial charge in [0.25, 0.3) is 10.1 Å². The first kappa shape index (κ1) is 20.8. The maximum atomic E-state index is 11.5. The number of hydrogen-bond acceptors (Lipinski definition) is 9. The molecule has 0 saturated carbocycles. The fraction of sp³-hybridized carbons (Fsp3) is 0.471. The Bertz CT molecular complexity index is 862. The van der Waals surface area contributed by atoms with Gasteiger partial charge in [0, 0.05) is 25.0 Å². The summed E-state index contributed by atoms with van der Waals surface area (Å²) in [7, 11) is -3.79. The summed E-state index contributed by atoms with van der Waals surface area (Å²) in [5.74, 6) is -0.384. The summed E-state index contributed by atoms with van der Waals surface area (Å²) in [6, 6.07) is 4.38. The van der Waals surface area contributed by atoms with Crippen molar-refractivity contribution in [2.45, 2.75) is 32.9 Å². The summed E-state index contributed by atoms with van der Waals surface area (Å²) in [6.45, 7) is 4.03. The van der Waals surface area contributed by atoms with Crippen LogP contribution in [0.4, 0.5) is 0 Å². The Morgan fingerprint density at radius 2 is 2.00 bits per heavy atom. The predicted molar refractivity (Wildman–Crippen MR) is 95.1 cm³/mol. The molecule has 0 fully saturated rings. The monoisotopic (exact) mass is 399 g/mol. The Balaban J connectivity index is 2.27. The van der Waals surface area contributed by atoms with Crippen molar-refractivity contribution in [1.82, 2.24) is 0 Å². The van der Waals surface area contributed by atoms with Crippen LogP contribution in [0.5, 0.6) is 5.75 Å². The second kappa shape index (κ2) is 8.49. The minimum atomic E-state index is -3.79. The molecule has 1 aliphatic rings. The van der Waals surface area contributed by atoms with Gasteiger partial charge in [0.05, 0.1) is 6.26 Å². The topological polar surface area (TPSA) is 118 Å². The highest BCUT2D eigenvalue weighted by molar-refractivity contribution is 7.86. The molecule has 1 aromatic rings. The maximum Gasteiger partial charge on any atom is 0.308 e. The van der Waals surface area contributed by atoms with Crippen molar-refractivity contribution in [2.75, 3.05) is 19.5 Å². The number of carbonyl (C=O) groups is 2. The summed E-state index contributed by atoms with van der Waals surface area (Å²) >= 11 is 0. The van der Waals surface area contributed by atoms with Gasteiger partial charge in [-0.3, -0.25) is 13.8 Å². The van der Waals surface area contributed by atoms with E-state index in [9.17, 15) is 18.0 Å². The lowest BCUT2D eigenvalue weighted by Crippen LogP contribution is -2.35. The third kappa shape index (κ3) is 6.04. The standard InChI is InChI=1S/C17H21NO8S/c1-10-13(6-5-7-15(10)25-12(3)20)17-18-14(8-24-17)16(9-23-11(2)19)26-27(4,21)22/h5-7,14,16H,8-9H2,1-4H3/t14-,16?/m0/s1. The Morgan fingerprint density at radius 1 is 1.30 bits per heavy atom. The second-order valence-electron chi connectivity index (χ2n) is 5.98. The van der Waals surface area contributed by atoms with Crippen LogP contribution in [-0.2, 0) is 33.4 Å². The molecule has 0 saturated heterocycles. The predicted octanol–water partition coefficient (Wildman–Crippen LogP) is 0.974. The molecule has 0 spiro atoms. The van der Waals surface area contributed by atoms with E-state index in [1.807, 2.05) is 0 Å². The number of rotatable bonds is 7. The average Bonchev–Trinajstić information content (AvgIpc) is 3.01. The third-order valence-corrected chi connectivity index (χ3v) is 4.22. The normalized spacial score (nSPS) is 17.6. The Labute approximate surface area is 157 Å². The van der Waals surface area contributed by atoms with Crippen molar-refractivity contribution in [1.29, 1.82) is 0 Å². The first-order valence-electron chi connectivity index (χ1n) is 8.07. The van der Waals surface area contributed by atoms with Gasteiger partial charge in [-0.1, -0.05) is 6.07 Å². The summed E-state index contributed by atoms with van der Waals surface area (Å²) < 4.78 is 43.6. The zero-order chi connectivity index (χ0) is 20.2. The van der Waals surface area contributed by atoms with E-state index in [4.69, 9.17) is 18.4 Å². The van der Waals surface area contributed by atoms with Gasteiger partial charge in [0.1, 0.15) is 31.1 Å². The molecule has 0 radical (unpaired) electrons. The van der Waals surface area contributed by atoms with E-state index in [2.05, 4.69) is 4.99 Å². The van der Waals surface area contributed by atoms with Crippen LogP contribution in [0.1, 0.15) is 25.0 Å². The van der Waals surface area contributed by atoms with Crippen LogP contribution in [0.15, 0.2) is 23.2 Å². The third-order valence-electron chi connectivity index (χ3n) is 3.62. The molecule has 1 aromatic carbocycles. The lowest BCUT2D eigenvalue weighted by atomic mass is 10.1. The van der Waals surface area contributed by atoms with Crippen LogP contribution in [0.2, 0.25) is 0 Å². The molecule has 0 bridgehead atoms. The van der Waals surface area contributed by atoms with Crippen molar-refractivity contribution in [2.24, 2.45) is 4.99 Å². The van der Waals surface area contributed by atoms with Crippen LogP contribution in [0.3, 0.4) is 0 Å². The van der Waals surface area contributed by atoms with Crippen LogP contribution < -0.4 is 4.74 Å². The summed E-state index contributed by atoms with van der Waals surface area (Å²) in [4.78, 5) is 26.6. The molecular formula is C17H21NO8S. The van der Waals surface area contributed by atoms with Crippen molar-refractivity contribution >= 4 is 28.0 Å². The molecule has 0 amide bonds. The molecule has 2 atom stereocenters. The van der Waals surface area contributed by atoms with Crippen molar-refractivity contribution < 1.29 is 36.4 Å². The number of esters is 2. The number of benzene rings is 1. The van der Waals surface area contributed by atoms with Crippen LogP contribution in [0, 0.1) is 6.92 Å². The van der Waals surface area contributed by atoms with Gasteiger partial charge < -0.3 is 14.2 Å². The minimum absolute atomic E-state index is 0.0496. The van der Waals surface area contributed by atoms with Crippen molar-refractivity contribution in [3.8, 4) is 5.75 Å². The highest BCUT2D eigenvalue weighted by Gasteiger charge is 2.33. The number of carbonyl (C=O) groups excluding carboxylic acids is 2. The molecule has 1 aliphatic heterocycles. The lowest BCUT2D eigenvalue weighted by Gasteiger charge is -2.18. The number of aliphatic imine (C=N–C) groups is 1. The van der Waals surface area contributed by atoms with E-state index in [-0.39, 0.29) is 19.1 Å². The fourth-order valence-electron chi connectivity index (χ4n) is 2.47. The van der Waals surface area contributed by atoms with E-state index >= 15 is 0 Å². The number of ether oxygens (including phenoxy) is 3. The quantitative estimate of drug-likeness (QED) is 0.378. The van der Waals surface area contributed by atoms with Crippen molar-refractivity contribution in [3.05, 3.63) is 29.3 Å². The molecular weight excluding hydrogens is 378 g/mol. The maximum absolute atomic E-state index is 11.5. The minimum Gasteiger partial charge on any atom is -0.475 e. The molecule has 1 unspecified atom stereocenters. The van der Waals surface area contributed by atoms with Gasteiger partial charge in [0.15, 0.2) is 0 Å². The molecule has 9 nitrogen and oxygen atoms in total. The molecule has 0 aliphatic carbocycles. The van der Waals surface area contributed by atoms with E-state index < -0.39 is 34.2 Å². The molecule has 0 N–H and O–H groups in total. The van der Waals surface area contributed by atoms with Gasteiger partial charge in [-0.05, 0) is 19.1 Å². The average molecular weight is 399 g/mol. The first-order chi connectivity index (χ1) is 12.6. The van der Waals surface area contributed by atoms with E-state index in [0.29, 0.717) is 16.9 Å². The van der Waals surface area contributed by atoms with Gasteiger partial charge in [-0.25, -0.2) is 4.99 Å². The molecule has 27 heavy (non-hydrogen) atoms. The van der Waals surface area contributed by atoms with Crippen LogP contribution >= 0.6 is 0 Å². The molecule has 1 heterocycles. The molecule has 0 aromatic heterocycles. The Hall–Kier alpha value is -2.46. The summed E-state index contributed by atoms with van der Waals surface area (Å²) in [5, 5.41) is 0. The number of hydrogen-bond donors (Lipinski definition) is 0. The van der Waals surface area contributed by atoms with Crippen LogP contribution in [-0.4, -0.2) is 57.9 Å². The fourth-order valence-corrected chi connectivity index (χ4v) is 3.10. The van der Waals surface area contributed by atoms with Crippen molar-refractivity contribution in [3.63, 3.8) is 0 Å². The Morgan fingerprint density at radius 3 is 2.59 bits per heavy atom. The highest BCUT2D eigenvalue weighted by atomic mass is 32.2. The van der Waals surface area contributed by atoms with Crippen LogP contribution in [0.25, 0.3) is 0 Å². The molecule has 2 rings (SSSR count). The summed E-state index contributed by atoms with van der Waals surface area (Å²) in [6.07, 6.45) is -0.112. The SMILES string of the molecule is CC(=O)OCC(OS(C)(=O)=O)[C@@H]1COC(c2cccc(OC(C)=O)c2C)=N1.